The molecule has 4 N–H and O–H groups in total. The smallest absolute Gasteiger partial charge is 0.786 e. The number of pyridine rings is 4. The van der Waals surface area contributed by atoms with Crippen LogP contribution < -0.4 is 19.6 Å². The van der Waals surface area contributed by atoms with Gasteiger partial charge >= 0.3 is 39.0 Å². The molecule has 18 nitrogen and oxygen atoms in total. The fraction of sp³-hybridized carbons (Fsp3) is 0. The van der Waals surface area contributed by atoms with Gasteiger partial charge in [-0.05, 0) is 48.5 Å². The molecule has 0 spiro atoms. The molecule has 248 valence electrons. The van der Waals surface area contributed by atoms with E-state index in [4.69, 9.17) is 49.5 Å². The molecule has 0 radical (unpaired) electrons. The summed E-state index contributed by atoms with van der Waals surface area (Å²) in [6.45, 7) is 0. The van der Waals surface area contributed by atoms with E-state index in [1.807, 2.05) is 24.3 Å². The Bertz CT molecular complexity index is 1290. The molecule has 0 aliphatic rings. The minimum atomic E-state index is -5.64. The van der Waals surface area contributed by atoms with Crippen molar-refractivity contribution in [2.24, 2.45) is 20.6 Å². The number of nitrogens with zero attached hydrogens (tertiary/aromatic N) is 8. The van der Waals surface area contributed by atoms with Crippen LogP contribution >= 0.6 is 15.8 Å². The van der Waals surface area contributed by atoms with Crippen molar-refractivity contribution in [3.8, 4) is 0 Å². The zero-order valence-corrected chi connectivity index (χ0v) is 32.2. The van der Waals surface area contributed by atoms with E-state index in [0.29, 0.717) is 22.8 Å². The first kappa shape index (κ1) is 50.7. The van der Waals surface area contributed by atoms with Gasteiger partial charge in [-0.2, -0.15) is 0 Å². The van der Waals surface area contributed by atoms with E-state index in [1.54, 1.807) is 73.3 Å². The Hall–Kier alpha value is -4.11. The molecular weight excluding hydrogens is 791 g/mol. The molecule has 0 fully saturated rings. The Morgan fingerprint density at radius 2 is 0.646 bits per heavy atom. The van der Waals surface area contributed by atoms with Crippen LogP contribution in [-0.4, -0.2) is 65.6 Å². The third-order valence-corrected chi connectivity index (χ3v) is 3.51. The van der Waals surface area contributed by atoms with E-state index in [1.165, 1.54) is 24.9 Å². The fourth-order valence-electron chi connectivity index (χ4n) is 2.05. The summed E-state index contributed by atoms with van der Waals surface area (Å²) >= 11 is 0. The molecule has 0 aliphatic carbocycles. The van der Waals surface area contributed by atoms with E-state index in [2.05, 4.69) is 40.6 Å². The van der Waals surface area contributed by atoms with Gasteiger partial charge in [0.15, 0.2) is 0 Å². The molecule has 0 aliphatic heterocycles. The third-order valence-electron chi connectivity index (χ3n) is 3.51. The van der Waals surface area contributed by atoms with Crippen molar-refractivity contribution in [1.29, 1.82) is 0 Å². The minimum Gasteiger partial charge on any atom is -0.786 e. The topological polar surface area (TPSA) is 308 Å². The number of hydrogen-bond acceptors (Lipinski definition) is 18. The molecule has 0 bridgehead atoms. The Balaban J connectivity index is -0.000000244. The monoisotopic (exact) mass is 812 g/mol. The zero-order chi connectivity index (χ0) is 35.1. The van der Waals surface area contributed by atoms with Crippen LogP contribution in [0, 0.1) is 0 Å². The third kappa shape index (κ3) is 44.0. The molecule has 0 aromatic carbocycles. The molecule has 4 aromatic rings. The summed E-state index contributed by atoms with van der Waals surface area (Å²) in [5, 5.41) is 43.5. The first-order valence-electron chi connectivity index (χ1n) is 11.5. The maximum atomic E-state index is 10.1. The van der Waals surface area contributed by atoms with Gasteiger partial charge in [0, 0.05) is 24.8 Å². The van der Waals surface area contributed by atoms with Gasteiger partial charge in [0.2, 0.25) is 0 Å². The van der Waals surface area contributed by atoms with Crippen LogP contribution in [0.15, 0.2) is 118 Å². The molecule has 0 saturated carbocycles. The molecule has 0 amide bonds. The number of halogens is 2. The number of hydrogen-bond donors (Lipinski definition) is 4. The van der Waals surface area contributed by atoms with Gasteiger partial charge in [-0.25, -0.2) is 8.39 Å². The van der Waals surface area contributed by atoms with Crippen molar-refractivity contribution in [2.45, 2.75) is 0 Å². The maximum Gasteiger partial charge on any atom is 2.00 e. The molecular formula is C24H24F2N8O10P2Zn2. The Kier molecular flexibility index (Phi) is 34.7. The Labute approximate surface area is 297 Å². The summed E-state index contributed by atoms with van der Waals surface area (Å²) in [6.07, 6.45) is 11.7. The SMILES string of the molecule is O/N=C/c1ccccn1.O/N=C/c1ccccn1.O/N=C/c1ccccn1.O/N=C/c1ccccn1.O=P([O-])([O-])F.O=P([O-])([O-])F.[Zn+2].[Zn+2]. The van der Waals surface area contributed by atoms with Crippen LogP contribution in [0.1, 0.15) is 22.8 Å². The predicted molar refractivity (Wildman–Crippen MR) is 152 cm³/mol. The van der Waals surface area contributed by atoms with E-state index >= 15 is 0 Å². The van der Waals surface area contributed by atoms with Gasteiger partial charge in [0.1, 0.15) is 15.8 Å². The van der Waals surface area contributed by atoms with E-state index in [9.17, 15) is 8.39 Å². The Morgan fingerprint density at radius 3 is 0.750 bits per heavy atom. The van der Waals surface area contributed by atoms with Crippen LogP contribution in [0.2, 0.25) is 0 Å². The van der Waals surface area contributed by atoms with Gasteiger partial charge in [-0.1, -0.05) is 44.9 Å². The predicted octanol–water partition coefficient (Wildman–Crippen LogP) is 1.12. The molecule has 0 atom stereocenters. The van der Waals surface area contributed by atoms with Crippen LogP contribution in [0.4, 0.5) is 8.39 Å². The summed E-state index contributed by atoms with van der Waals surface area (Å²) < 4.78 is 37.1. The summed E-state index contributed by atoms with van der Waals surface area (Å²) in [6, 6.07) is 21.5. The number of rotatable bonds is 4. The zero-order valence-electron chi connectivity index (χ0n) is 24.4. The second-order valence-electron chi connectivity index (χ2n) is 6.86. The van der Waals surface area contributed by atoms with Gasteiger partial charge in [0.25, 0.3) is 0 Å². The minimum absolute atomic E-state index is 0. The largest absolute Gasteiger partial charge is 2.00 e. The van der Waals surface area contributed by atoms with Crippen molar-refractivity contribution in [3.05, 3.63) is 120 Å². The normalized spacial score (nSPS) is 10.1. The summed E-state index contributed by atoms with van der Waals surface area (Å²) in [5.74, 6) is 0. The number of oxime groups is 4. The first-order valence-corrected chi connectivity index (χ1v) is 14.4. The van der Waals surface area contributed by atoms with E-state index in [0.717, 1.165) is 0 Å². The van der Waals surface area contributed by atoms with Crippen LogP contribution in [0.5, 0.6) is 0 Å². The van der Waals surface area contributed by atoms with Gasteiger partial charge in [-0.15, -0.1) is 0 Å². The van der Waals surface area contributed by atoms with Crippen molar-refractivity contribution >= 4 is 40.7 Å². The number of aromatic nitrogens is 4. The molecule has 4 rings (SSSR count). The average Bonchev–Trinajstić information content (AvgIpc) is 3.00. The van der Waals surface area contributed by atoms with Gasteiger partial charge in [-0.3, -0.25) is 19.9 Å². The van der Waals surface area contributed by atoms with Crippen molar-refractivity contribution in [3.63, 3.8) is 0 Å². The second-order valence-corrected chi connectivity index (χ2v) is 8.58. The van der Waals surface area contributed by atoms with Gasteiger partial charge in [0.05, 0.1) is 47.6 Å². The molecule has 24 heteroatoms. The molecule has 4 aromatic heterocycles. The average molecular weight is 815 g/mol. The quantitative estimate of drug-likeness (QED) is 0.0738. The van der Waals surface area contributed by atoms with E-state index < -0.39 is 15.8 Å². The summed E-state index contributed by atoms with van der Waals surface area (Å²) in [4.78, 5) is 49.2. The van der Waals surface area contributed by atoms with Crippen molar-refractivity contribution in [2.75, 3.05) is 0 Å². The standard InChI is InChI=1S/4C6H6N2O.2FH2O3P.2Zn/c4*9-8-5-6-3-1-2-4-7-6;2*1-5(2,3)4;;/h4*1-5,9H;2*(H2,2,3,4);;/q;;;;;;2*+2/p-4/b4*8-5+;;;;. The van der Waals surface area contributed by atoms with Crippen LogP contribution in [-0.2, 0) is 48.1 Å². The molecule has 0 unspecified atom stereocenters. The van der Waals surface area contributed by atoms with Gasteiger partial charge < -0.3 is 49.5 Å². The van der Waals surface area contributed by atoms with Crippen LogP contribution in [0.3, 0.4) is 0 Å². The Morgan fingerprint density at radius 1 is 0.479 bits per heavy atom. The maximum absolute atomic E-state index is 10.1. The van der Waals surface area contributed by atoms with Crippen LogP contribution in [0.25, 0.3) is 0 Å². The summed E-state index contributed by atoms with van der Waals surface area (Å²) in [5.41, 5.74) is 2.61. The fourth-order valence-corrected chi connectivity index (χ4v) is 2.05. The summed E-state index contributed by atoms with van der Waals surface area (Å²) in [7, 11) is -11.3. The van der Waals surface area contributed by atoms with Crippen molar-refractivity contribution < 1.29 is 96.9 Å². The molecule has 4 heterocycles. The molecule has 48 heavy (non-hydrogen) atoms. The van der Waals surface area contributed by atoms with E-state index in [-0.39, 0.29) is 39.0 Å². The second kappa shape index (κ2) is 32.8. The first-order chi connectivity index (χ1) is 21.7. The van der Waals surface area contributed by atoms with Crippen molar-refractivity contribution in [1.82, 2.24) is 19.9 Å². The molecule has 0 saturated heterocycles.